The van der Waals surface area contributed by atoms with Crippen molar-refractivity contribution in [3.05, 3.63) is 0 Å². The Morgan fingerprint density at radius 1 is 1.28 bits per heavy atom. The zero-order chi connectivity index (χ0) is 14.3. The van der Waals surface area contributed by atoms with E-state index in [0.29, 0.717) is 12.5 Å². The minimum atomic E-state index is -1.27. The van der Waals surface area contributed by atoms with Gasteiger partial charge in [-0.05, 0) is 31.7 Å². The molecule has 0 fully saturated rings. The molecule has 0 heterocycles. The Morgan fingerprint density at radius 3 is 2.17 bits per heavy atom. The van der Waals surface area contributed by atoms with Crippen LogP contribution in [0.25, 0.3) is 0 Å². The maximum atomic E-state index is 11.7. The highest BCUT2D eigenvalue weighted by Crippen LogP contribution is 2.14. The summed E-state index contributed by atoms with van der Waals surface area (Å²) in [6.45, 7) is 5.79. The number of nitrogens with two attached hydrogens (primary N) is 1. The van der Waals surface area contributed by atoms with Gasteiger partial charge in [-0.15, -0.1) is 0 Å². The van der Waals surface area contributed by atoms with E-state index in [-0.39, 0.29) is 18.2 Å². The van der Waals surface area contributed by atoms with Crippen molar-refractivity contribution >= 4 is 11.9 Å². The number of carbonyl (C=O) groups is 2. The van der Waals surface area contributed by atoms with Crippen LogP contribution in [-0.2, 0) is 9.59 Å². The first kappa shape index (κ1) is 16.9. The van der Waals surface area contributed by atoms with E-state index in [0.717, 1.165) is 6.42 Å². The fourth-order valence-corrected chi connectivity index (χ4v) is 1.81. The first-order valence-corrected chi connectivity index (χ1v) is 6.18. The van der Waals surface area contributed by atoms with Gasteiger partial charge in [-0.2, -0.15) is 0 Å². The van der Waals surface area contributed by atoms with Crippen molar-refractivity contribution < 1.29 is 19.8 Å². The SMILES string of the molecule is CC(C)CC(CN)CC(=O)NC(C(=O)O)C(C)O. The van der Waals surface area contributed by atoms with Crippen LogP contribution < -0.4 is 11.1 Å². The Kier molecular flexibility index (Phi) is 7.54. The van der Waals surface area contributed by atoms with Crippen LogP contribution in [0.15, 0.2) is 0 Å². The third kappa shape index (κ3) is 6.56. The number of carboxylic acids is 1. The van der Waals surface area contributed by atoms with Crippen molar-refractivity contribution in [1.29, 1.82) is 0 Å². The number of nitrogens with one attached hydrogen (secondary N) is 1. The molecule has 0 rings (SSSR count). The van der Waals surface area contributed by atoms with Crippen LogP contribution in [0.5, 0.6) is 0 Å². The van der Waals surface area contributed by atoms with Crippen molar-refractivity contribution in [1.82, 2.24) is 5.32 Å². The van der Waals surface area contributed by atoms with Crippen molar-refractivity contribution in [2.75, 3.05) is 6.54 Å². The summed E-state index contributed by atoms with van der Waals surface area (Å²) in [5.74, 6) is -1.17. The molecule has 6 nitrogen and oxygen atoms in total. The molecule has 1 amide bonds. The number of hydrogen-bond acceptors (Lipinski definition) is 4. The molecule has 0 spiro atoms. The molecule has 0 aromatic rings. The molecule has 3 atom stereocenters. The van der Waals surface area contributed by atoms with E-state index in [4.69, 9.17) is 10.8 Å². The molecule has 0 bridgehead atoms. The average molecular weight is 260 g/mol. The van der Waals surface area contributed by atoms with Gasteiger partial charge >= 0.3 is 5.97 Å². The van der Waals surface area contributed by atoms with Crippen LogP contribution >= 0.6 is 0 Å². The molecule has 0 aliphatic heterocycles. The van der Waals surface area contributed by atoms with Crippen LogP contribution in [0.2, 0.25) is 0 Å². The van der Waals surface area contributed by atoms with Crippen LogP contribution in [-0.4, -0.2) is 40.8 Å². The van der Waals surface area contributed by atoms with E-state index in [1.165, 1.54) is 6.92 Å². The summed E-state index contributed by atoms with van der Waals surface area (Å²) in [5.41, 5.74) is 5.57. The number of rotatable bonds is 8. The summed E-state index contributed by atoms with van der Waals surface area (Å²) in [5, 5.41) is 20.4. The zero-order valence-corrected chi connectivity index (χ0v) is 11.2. The van der Waals surface area contributed by atoms with Crippen LogP contribution in [0, 0.1) is 11.8 Å². The summed E-state index contributed by atoms with van der Waals surface area (Å²) < 4.78 is 0. The maximum absolute atomic E-state index is 11.7. The Balaban J connectivity index is 4.34. The monoisotopic (exact) mass is 260 g/mol. The van der Waals surface area contributed by atoms with Crippen molar-refractivity contribution in [3.8, 4) is 0 Å². The Labute approximate surface area is 108 Å². The predicted molar refractivity (Wildman–Crippen MR) is 67.9 cm³/mol. The molecule has 0 saturated heterocycles. The van der Waals surface area contributed by atoms with E-state index in [1.807, 2.05) is 13.8 Å². The van der Waals surface area contributed by atoms with Crippen molar-refractivity contribution in [2.45, 2.75) is 45.8 Å². The van der Waals surface area contributed by atoms with E-state index in [9.17, 15) is 14.7 Å². The van der Waals surface area contributed by atoms with Gasteiger partial charge < -0.3 is 21.3 Å². The molecule has 18 heavy (non-hydrogen) atoms. The summed E-state index contributed by atoms with van der Waals surface area (Å²) in [6, 6.07) is -1.27. The molecular weight excluding hydrogens is 236 g/mol. The Hall–Kier alpha value is -1.14. The van der Waals surface area contributed by atoms with Crippen LogP contribution in [0.4, 0.5) is 0 Å². The topological polar surface area (TPSA) is 113 Å². The molecule has 0 aliphatic carbocycles. The standard InChI is InChI=1S/C12H24N2O4/c1-7(2)4-9(6-13)5-10(16)14-11(8(3)15)12(17)18/h7-9,11,15H,4-6,13H2,1-3H3,(H,14,16)(H,17,18). The number of hydrogen-bond donors (Lipinski definition) is 4. The average Bonchev–Trinajstić information content (AvgIpc) is 2.23. The number of aliphatic hydroxyl groups is 1. The Morgan fingerprint density at radius 2 is 1.83 bits per heavy atom. The smallest absolute Gasteiger partial charge is 0.328 e. The molecular formula is C12H24N2O4. The molecule has 0 aromatic heterocycles. The van der Waals surface area contributed by atoms with Gasteiger partial charge in [0.15, 0.2) is 6.04 Å². The minimum absolute atomic E-state index is 0.0356. The van der Waals surface area contributed by atoms with Gasteiger partial charge in [-0.3, -0.25) is 4.79 Å². The molecule has 0 aromatic carbocycles. The first-order chi connectivity index (χ1) is 8.27. The second-order valence-electron chi connectivity index (χ2n) is 5.06. The predicted octanol–water partition coefficient (Wildman–Crippen LogP) is -0.0523. The molecule has 3 unspecified atom stereocenters. The van der Waals surface area contributed by atoms with Crippen LogP contribution in [0.3, 0.4) is 0 Å². The number of carbonyl (C=O) groups excluding carboxylic acids is 1. The third-order valence-electron chi connectivity index (χ3n) is 2.68. The highest BCUT2D eigenvalue weighted by atomic mass is 16.4. The lowest BCUT2D eigenvalue weighted by Crippen LogP contribution is -2.48. The van der Waals surface area contributed by atoms with E-state index in [2.05, 4.69) is 5.32 Å². The maximum Gasteiger partial charge on any atom is 0.328 e. The number of aliphatic hydroxyl groups excluding tert-OH is 1. The highest BCUT2D eigenvalue weighted by molar-refractivity contribution is 5.84. The zero-order valence-electron chi connectivity index (χ0n) is 11.2. The summed E-state index contributed by atoms with van der Waals surface area (Å²) >= 11 is 0. The molecule has 0 radical (unpaired) electrons. The largest absolute Gasteiger partial charge is 0.480 e. The molecule has 106 valence electrons. The molecule has 6 heteroatoms. The lowest BCUT2D eigenvalue weighted by Gasteiger charge is -2.20. The second-order valence-corrected chi connectivity index (χ2v) is 5.06. The summed E-state index contributed by atoms with van der Waals surface area (Å²) in [4.78, 5) is 22.5. The molecule has 0 aliphatic rings. The van der Waals surface area contributed by atoms with Gasteiger partial charge in [0.2, 0.25) is 5.91 Å². The number of carboxylic acid groups (broad SMARTS) is 1. The third-order valence-corrected chi connectivity index (χ3v) is 2.68. The first-order valence-electron chi connectivity index (χ1n) is 6.18. The van der Waals surface area contributed by atoms with Gasteiger partial charge in [0, 0.05) is 6.42 Å². The highest BCUT2D eigenvalue weighted by Gasteiger charge is 2.25. The van der Waals surface area contributed by atoms with Gasteiger partial charge in [0.05, 0.1) is 6.10 Å². The Bertz CT molecular complexity index is 279. The van der Waals surface area contributed by atoms with E-state index in [1.54, 1.807) is 0 Å². The summed E-state index contributed by atoms with van der Waals surface area (Å²) in [7, 11) is 0. The molecule has 5 N–H and O–H groups in total. The number of aliphatic carboxylic acids is 1. The van der Waals surface area contributed by atoms with Gasteiger partial charge in [0.1, 0.15) is 0 Å². The van der Waals surface area contributed by atoms with Crippen LogP contribution in [0.1, 0.15) is 33.6 Å². The second kappa shape index (κ2) is 8.05. The summed E-state index contributed by atoms with van der Waals surface area (Å²) in [6.07, 6.45) is -0.130. The lowest BCUT2D eigenvalue weighted by atomic mass is 9.94. The van der Waals surface area contributed by atoms with Crippen molar-refractivity contribution in [2.24, 2.45) is 17.6 Å². The normalized spacial score (nSPS) is 16.1. The molecule has 0 saturated carbocycles. The van der Waals surface area contributed by atoms with Gasteiger partial charge in [0.25, 0.3) is 0 Å². The fourth-order valence-electron chi connectivity index (χ4n) is 1.81. The lowest BCUT2D eigenvalue weighted by molar-refractivity contribution is -0.144. The minimum Gasteiger partial charge on any atom is -0.480 e. The van der Waals surface area contributed by atoms with E-state index >= 15 is 0 Å². The fraction of sp³-hybridized carbons (Fsp3) is 0.833. The quantitative estimate of drug-likeness (QED) is 0.488. The van der Waals surface area contributed by atoms with Gasteiger partial charge in [-0.25, -0.2) is 4.79 Å². The van der Waals surface area contributed by atoms with Crippen molar-refractivity contribution in [3.63, 3.8) is 0 Å². The van der Waals surface area contributed by atoms with E-state index < -0.39 is 18.1 Å². The number of amides is 1. The van der Waals surface area contributed by atoms with Gasteiger partial charge in [-0.1, -0.05) is 13.8 Å².